The lowest BCUT2D eigenvalue weighted by molar-refractivity contribution is 0.0916. The fourth-order valence-electron chi connectivity index (χ4n) is 3.42. The second-order valence-corrected chi connectivity index (χ2v) is 9.31. The minimum atomic E-state index is -3.76. The number of nitrogens with one attached hydrogen (secondary N) is 1. The molecule has 2 aromatic carbocycles. The van der Waals surface area contributed by atoms with Crippen LogP contribution >= 0.6 is 0 Å². The van der Waals surface area contributed by atoms with Gasteiger partial charge in [-0.15, -0.1) is 0 Å². The molecule has 0 aromatic heterocycles. The Hall–Kier alpha value is -2.38. The molecule has 0 radical (unpaired) electrons. The number of carbonyl (C=O) groups is 1. The molecular weight excluding hydrogens is 374 g/mol. The molecule has 0 spiro atoms. The number of piperidine rings is 1. The summed E-state index contributed by atoms with van der Waals surface area (Å²) in [5.74, 6) is -0.231. The van der Waals surface area contributed by atoms with Crippen molar-refractivity contribution < 1.29 is 13.2 Å². The van der Waals surface area contributed by atoms with Gasteiger partial charge in [0.25, 0.3) is 15.9 Å². The first kappa shape index (κ1) is 20.4. The number of hydrogen-bond donors (Lipinski definition) is 1. The number of aryl methyl sites for hydroxylation is 1. The summed E-state index contributed by atoms with van der Waals surface area (Å²) in [7, 11) is -0.167. The Morgan fingerprint density at radius 2 is 1.79 bits per heavy atom. The fraction of sp³-hybridized carbons (Fsp3) is 0.381. The van der Waals surface area contributed by atoms with Crippen molar-refractivity contribution in [3.05, 3.63) is 59.7 Å². The largest absolute Gasteiger partial charge is 0.349 e. The van der Waals surface area contributed by atoms with Gasteiger partial charge in [-0.05, 0) is 69.7 Å². The average molecular weight is 402 g/mol. The second-order valence-electron chi connectivity index (χ2n) is 7.34. The van der Waals surface area contributed by atoms with Gasteiger partial charge in [0.15, 0.2) is 0 Å². The number of rotatable bonds is 5. The summed E-state index contributed by atoms with van der Waals surface area (Å²) >= 11 is 0. The molecule has 1 amide bonds. The first-order chi connectivity index (χ1) is 13.3. The highest BCUT2D eigenvalue weighted by Crippen LogP contribution is 2.25. The predicted octanol–water partition coefficient (Wildman–Crippen LogP) is 2.64. The van der Waals surface area contributed by atoms with Crippen LogP contribution in [0.5, 0.6) is 0 Å². The molecule has 7 heteroatoms. The predicted molar refractivity (Wildman–Crippen MR) is 111 cm³/mol. The summed E-state index contributed by atoms with van der Waals surface area (Å²) in [6.45, 7) is 3.76. The summed E-state index contributed by atoms with van der Waals surface area (Å²) in [6.07, 6.45) is 1.80. The van der Waals surface area contributed by atoms with Crippen molar-refractivity contribution in [3.8, 4) is 0 Å². The molecule has 0 aliphatic carbocycles. The van der Waals surface area contributed by atoms with Gasteiger partial charge in [-0.3, -0.25) is 9.10 Å². The zero-order valence-corrected chi connectivity index (χ0v) is 17.4. The highest BCUT2D eigenvalue weighted by Gasteiger charge is 2.24. The third-order valence-corrected chi connectivity index (χ3v) is 7.03. The lowest BCUT2D eigenvalue weighted by atomic mass is 10.0. The fourth-order valence-corrected chi connectivity index (χ4v) is 4.73. The van der Waals surface area contributed by atoms with Crippen molar-refractivity contribution in [1.29, 1.82) is 0 Å². The molecule has 1 heterocycles. The summed E-state index contributed by atoms with van der Waals surface area (Å²) in [6, 6.07) is 13.7. The van der Waals surface area contributed by atoms with Gasteiger partial charge >= 0.3 is 0 Å². The molecule has 1 aliphatic heterocycles. The van der Waals surface area contributed by atoms with E-state index >= 15 is 0 Å². The number of carbonyl (C=O) groups excluding carboxylic acids is 1. The number of benzene rings is 2. The minimum absolute atomic E-state index is 0.106. The number of para-hydroxylation sites is 1. The topological polar surface area (TPSA) is 69.7 Å². The van der Waals surface area contributed by atoms with Gasteiger partial charge in [0, 0.05) is 18.7 Å². The lowest BCUT2D eigenvalue weighted by Gasteiger charge is -2.29. The summed E-state index contributed by atoms with van der Waals surface area (Å²) < 4.78 is 27.4. The Morgan fingerprint density at radius 3 is 2.46 bits per heavy atom. The van der Waals surface area contributed by atoms with Crippen LogP contribution < -0.4 is 9.62 Å². The molecule has 150 valence electrons. The summed E-state index contributed by atoms with van der Waals surface area (Å²) in [5.41, 5.74) is 1.84. The van der Waals surface area contributed by atoms with Crippen LogP contribution in [-0.4, -0.2) is 52.5 Å². The van der Waals surface area contributed by atoms with E-state index in [2.05, 4.69) is 17.3 Å². The van der Waals surface area contributed by atoms with Crippen molar-refractivity contribution in [2.24, 2.45) is 0 Å². The Labute approximate surface area is 167 Å². The molecule has 0 saturated carbocycles. The number of likely N-dealkylation sites (tertiary alicyclic amines) is 1. The number of anilines is 1. The van der Waals surface area contributed by atoms with Gasteiger partial charge in [-0.2, -0.15) is 0 Å². The van der Waals surface area contributed by atoms with Gasteiger partial charge in [0.2, 0.25) is 0 Å². The third kappa shape index (κ3) is 4.36. The first-order valence-electron chi connectivity index (χ1n) is 9.43. The Kier molecular flexibility index (Phi) is 6.05. The standard InChI is InChI=1S/C21H27N3O3S/c1-16-7-4-5-10-20(16)24(3)28(26,27)19-9-6-8-17(15-19)21(25)22-18-11-13-23(2)14-12-18/h4-10,15,18H,11-14H2,1-3H3,(H,22,25). The van der Waals surface area contributed by atoms with E-state index in [9.17, 15) is 13.2 Å². The van der Waals surface area contributed by atoms with Crippen molar-refractivity contribution in [2.45, 2.75) is 30.7 Å². The van der Waals surface area contributed by atoms with E-state index in [1.165, 1.54) is 23.5 Å². The highest BCUT2D eigenvalue weighted by atomic mass is 32.2. The van der Waals surface area contributed by atoms with E-state index in [0.717, 1.165) is 31.5 Å². The Balaban J connectivity index is 1.80. The van der Waals surface area contributed by atoms with Gasteiger partial charge < -0.3 is 10.2 Å². The maximum Gasteiger partial charge on any atom is 0.264 e. The molecule has 1 N–H and O–H groups in total. The third-order valence-electron chi connectivity index (χ3n) is 5.26. The van der Waals surface area contributed by atoms with Crippen LogP contribution in [0.4, 0.5) is 5.69 Å². The van der Waals surface area contributed by atoms with E-state index in [1.807, 2.05) is 19.1 Å². The summed E-state index contributed by atoms with van der Waals surface area (Å²) in [5, 5.41) is 3.03. The number of amides is 1. The Bertz CT molecular complexity index is 951. The van der Waals surface area contributed by atoms with E-state index in [4.69, 9.17) is 0 Å². The molecule has 3 rings (SSSR count). The molecule has 6 nitrogen and oxygen atoms in total. The van der Waals surface area contributed by atoms with Crippen LogP contribution in [0.15, 0.2) is 53.4 Å². The molecular formula is C21H27N3O3S. The normalized spacial score (nSPS) is 16.0. The average Bonchev–Trinajstić information content (AvgIpc) is 2.69. The summed E-state index contributed by atoms with van der Waals surface area (Å²) in [4.78, 5) is 15.0. The highest BCUT2D eigenvalue weighted by molar-refractivity contribution is 7.92. The van der Waals surface area contributed by atoms with Crippen LogP contribution in [0.1, 0.15) is 28.8 Å². The molecule has 28 heavy (non-hydrogen) atoms. The Morgan fingerprint density at radius 1 is 1.11 bits per heavy atom. The molecule has 0 bridgehead atoms. The van der Waals surface area contributed by atoms with Crippen LogP contribution in [-0.2, 0) is 10.0 Å². The SMILES string of the molecule is Cc1ccccc1N(C)S(=O)(=O)c1cccc(C(=O)NC2CCN(C)CC2)c1. The van der Waals surface area contributed by atoms with Crippen LogP contribution in [0, 0.1) is 6.92 Å². The minimum Gasteiger partial charge on any atom is -0.349 e. The van der Waals surface area contributed by atoms with E-state index in [1.54, 1.807) is 24.3 Å². The second kappa shape index (κ2) is 8.32. The first-order valence-corrected chi connectivity index (χ1v) is 10.9. The van der Waals surface area contributed by atoms with Crippen molar-refractivity contribution in [3.63, 3.8) is 0 Å². The molecule has 0 atom stereocenters. The quantitative estimate of drug-likeness (QED) is 0.836. The van der Waals surface area contributed by atoms with E-state index in [0.29, 0.717) is 11.3 Å². The van der Waals surface area contributed by atoms with E-state index < -0.39 is 10.0 Å². The lowest BCUT2D eigenvalue weighted by Crippen LogP contribution is -2.43. The van der Waals surface area contributed by atoms with Gasteiger partial charge in [0.05, 0.1) is 10.6 Å². The number of hydrogen-bond acceptors (Lipinski definition) is 4. The number of nitrogens with zero attached hydrogens (tertiary/aromatic N) is 2. The molecule has 0 unspecified atom stereocenters. The van der Waals surface area contributed by atoms with Crippen molar-refractivity contribution in [2.75, 3.05) is 31.5 Å². The van der Waals surface area contributed by atoms with Gasteiger partial charge in [-0.1, -0.05) is 24.3 Å². The number of sulfonamides is 1. The van der Waals surface area contributed by atoms with E-state index in [-0.39, 0.29) is 16.8 Å². The van der Waals surface area contributed by atoms with Crippen LogP contribution in [0.3, 0.4) is 0 Å². The maximum atomic E-state index is 13.1. The zero-order valence-electron chi connectivity index (χ0n) is 16.6. The molecule has 2 aromatic rings. The van der Waals surface area contributed by atoms with Gasteiger partial charge in [0.1, 0.15) is 0 Å². The van der Waals surface area contributed by atoms with Crippen LogP contribution in [0.25, 0.3) is 0 Å². The molecule has 1 aliphatic rings. The monoisotopic (exact) mass is 401 g/mol. The maximum absolute atomic E-state index is 13.1. The van der Waals surface area contributed by atoms with Gasteiger partial charge in [-0.25, -0.2) is 8.42 Å². The van der Waals surface area contributed by atoms with Crippen molar-refractivity contribution in [1.82, 2.24) is 10.2 Å². The smallest absolute Gasteiger partial charge is 0.264 e. The van der Waals surface area contributed by atoms with Crippen molar-refractivity contribution >= 4 is 21.6 Å². The zero-order chi connectivity index (χ0) is 20.3. The van der Waals surface area contributed by atoms with Crippen LogP contribution in [0.2, 0.25) is 0 Å². The molecule has 1 fully saturated rings. The molecule has 1 saturated heterocycles.